The Labute approximate surface area is 181 Å². The largest absolute Gasteiger partial charge is 0.393 e. The van der Waals surface area contributed by atoms with E-state index in [0.717, 1.165) is 38.5 Å². The second-order valence-electron chi connectivity index (χ2n) is 11.6. The minimum Gasteiger partial charge on any atom is -0.393 e. The van der Waals surface area contributed by atoms with Crippen molar-refractivity contribution in [2.24, 2.45) is 17.3 Å². The summed E-state index contributed by atoms with van der Waals surface area (Å²) in [7, 11) is 0. The zero-order chi connectivity index (χ0) is 21.3. The second kappa shape index (κ2) is 6.92. The number of aliphatic hydroxyl groups excluding tert-OH is 1. The minimum absolute atomic E-state index is 0.00281. The number of hydrogen-bond donors (Lipinski definition) is 1. The number of aliphatic hydroxyl groups is 1. The lowest BCUT2D eigenvalue weighted by atomic mass is 9.53. The summed E-state index contributed by atoms with van der Waals surface area (Å²) in [5.41, 5.74) is 7.36. The maximum Gasteiger partial charge on any atom is 0.156 e. The van der Waals surface area contributed by atoms with E-state index < -0.39 is 0 Å². The average Bonchev–Trinajstić information content (AvgIpc) is 3.01. The van der Waals surface area contributed by atoms with Gasteiger partial charge < -0.3 is 5.11 Å². The molecule has 0 heterocycles. The van der Waals surface area contributed by atoms with Gasteiger partial charge in [-0.1, -0.05) is 57.5 Å². The van der Waals surface area contributed by atoms with Crippen LogP contribution in [0.25, 0.3) is 0 Å². The molecule has 0 amide bonds. The van der Waals surface area contributed by atoms with Crippen LogP contribution in [0.2, 0.25) is 0 Å². The molecule has 4 aliphatic rings. The van der Waals surface area contributed by atoms with E-state index in [0.29, 0.717) is 30.0 Å². The lowest BCUT2D eigenvalue weighted by Crippen LogP contribution is -2.45. The zero-order valence-electron chi connectivity index (χ0n) is 19.0. The van der Waals surface area contributed by atoms with Crippen LogP contribution in [0, 0.1) is 17.3 Å². The Kier molecular flexibility index (Phi) is 4.67. The summed E-state index contributed by atoms with van der Waals surface area (Å²) < 4.78 is 0. The molecule has 5 rings (SSSR count). The Morgan fingerprint density at radius 2 is 1.87 bits per heavy atom. The molecule has 0 radical (unpaired) electrons. The maximum atomic E-state index is 12.1. The summed E-state index contributed by atoms with van der Waals surface area (Å²) in [4.78, 5) is 12.1. The van der Waals surface area contributed by atoms with Crippen LogP contribution in [0.3, 0.4) is 0 Å². The second-order valence-corrected chi connectivity index (χ2v) is 11.6. The fraction of sp³-hybridized carbons (Fsp3) is 0.607. The number of hydrogen-bond acceptors (Lipinski definition) is 2. The number of carbonyl (C=O) groups is 1. The van der Waals surface area contributed by atoms with E-state index in [1.54, 1.807) is 5.57 Å². The van der Waals surface area contributed by atoms with Crippen molar-refractivity contribution in [2.75, 3.05) is 0 Å². The van der Waals surface area contributed by atoms with E-state index in [1.165, 1.54) is 22.3 Å². The van der Waals surface area contributed by atoms with E-state index in [-0.39, 0.29) is 16.9 Å². The molecule has 30 heavy (non-hydrogen) atoms. The van der Waals surface area contributed by atoms with E-state index >= 15 is 0 Å². The monoisotopic (exact) mass is 404 g/mol. The number of rotatable bonds is 1. The van der Waals surface area contributed by atoms with Gasteiger partial charge in [-0.25, -0.2) is 0 Å². The Morgan fingerprint density at radius 3 is 2.63 bits per heavy atom. The molecule has 1 aromatic carbocycles. The summed E-state index contributed by atoms with van der Waals surface area (Å²) in [6.45, 7) is 9.20. The average molecular weight is 405 g/mol. The summed E-state index contributed by atoms with van der Waals surface area (Å²) in [6.07, 6.45) is 8.62. The molecule has 0 aromatic heterocycles. The van der Waals surface area contributed by atoms with Crippen molar-refractivity contribution in [3.05, 3.63) is 58.2 Å². The van der Waals surface area contributed by atoms with Crippen LogP contribution in [0.15, 0.2) is 47.1 Å². The molecule has 5 atom stereocenters. The lowest BCUT2D eigenvalue weighted by Gasteiger charge is -2.52. The highest BCUT2D eigenvalue weighted by atomic mass is 16.3. The van der Waals surface area contributed by atoms with Gasteiger partial charge in [-0.2, -0.15) is 0 Å². The van der Waals surface area contributed by atoms with Crippen molar-refractivity contribution in [1.82, 2.24) is 0 Å². The molecule has 0 saturated heterocycles. The molecule has 160 valence electrons. The van der Waals surface area contributed by atoms with Crippen LogP contribution in [0.4, 0.5) is 0 Å². The third-order valence-electron chi connectivity index (χ3n) is 8.84. The Bertz CT molecular complexity index is 944. The Balaban J connectivity index is 1.68. The number of benzene rings is 1. The summed E-state index contributed by atoms with van der Waals surface area (Å²) in [5, 5.41) is 11.0. The van der Waals surface area contributed by atoms with Crippen molar-refractivity contribution >= 4 is 5.78 Å². The normalized spacial score (nSPS) is 36.2. The Morgan fingerprint density at radius 1 is 1.07 bits per heavy atom. The van der Waals surface area contributed by atoms with E-state index in [9.17, 15) is 9.90 Å². The highest BCUT2D eigenvalue weighted by Crippen LogP contribution is 2.63. The van der Waals surface area contributed by atoms with Gasteiger partial charge in [0.25, 0.3) is 0 Å². The first-order chi connectivity index (χ1) is 14.2. The molecular weight excluding hydrogens is 368 g/mol. The van der Waals surface area contributed by atoms with Crippen molar-refractivity contribution in [3.63, 3.8) is 0 Å². The molecule has 4 aliphatic carbocycles. The zero-order valence-corrected chi connectivity index (χ0v) is 19.0. The van der Waals surface area contributed by atoms with Gasteiger partial charge in [0.05, 0.1) is 6.10 Å². The standard InChI is InChI=1S/C28H36O2/c1-27(2,3)19-7-5-6-17(14-19)23-16-28(4)24(12-13-25(28)30)22-10-8-18-15-20(29)9-11-21(18)26(22)23/h5-7,14-15,22-25,30H,8-13,16H2,1-4H3. The fourth-order valence-corrected chi connectivity index (χ4v) is 7.15. The highest BCUT2D eigenvalue weighted by Gasteiger charge is 2.56. The smallest absolute Gasteiger partial charge is 0.156 e. The van der Waals surface area contributed by atoms with Crippen molar-refractivity contribution < 1.29 is 9.90 Å². The van der Waals surface area contributed by atoms with Crippen LogP contribution in [0.1, 0.15) is 89.7 Å². The first-order valence-corrected chi connectivity index (χ1v) is 11.9. The summed E-state index contributed by atoms with van der Waals surface area (Å²) in [6, 6.07) is 9.20. The molecule has 2 heteroatoms. The number of carbonyl (C=O) groups excluding carboxylic acids is 1. The molecule has 0 spiro atoms. The summed E-state index contributed by atoms with van der Waals surface area (Å²) >= 11 is 0. The first-order valence-electron chi connectivity index (χ1n) is 11.9. The predicted molar refractivity (Wildman–Crippen MR) is 121 cm³/mol. The molecule has 1 aromatic rings. The van der Waals surface area contributed by atoms with Crippen LogP contribution in [-0.4, -0.2) is 17.0 Å². The van der Waals surface area contributed by atoms with Crippen LogP contribution < -0.4 is 0 Å². The molecule has 2 fully saturated rings. The van der Waals surface area contributed by atoms with Crippen LogP contribution in [-0.2, 0) is 10.2 Å². The Hall–Kier alpha value is -1.67. The first kappa shape index (κ1) is 20.2. The van der Waals surface area contributed by atoms with Gasteiger partial charge in [-0.05, 0) is 89.5 Å². The number of fused-ring (bicyclic) bond motifs is 4. The molecule has 5 unspecified atom stereocenters. The molecule has 2 nitrogen and oxygen atoms in total. The lowest BCUT2D eigenvalue weighted by molar-refractivity contribution is -0.114. The molecule has 2 saturated carbocycles. The van der Waals surface area contributed by atoms with Gasteiger partial charge >= 0.3 is 0 Å². The number of allylic oxidation sites excluding steroid dienone is 4. The predicted octanol–water partition coefficient (Wildman–Crippen LogP) is 6.24. The van der Waals surface area contributed by atoms with Gasteiger partial charge in [0.2, 0.25) is 0 Å². The molecular formula is C28H36O2. The van der Waals surface area contributed by atoms with Crippen LogP contribution >= 0.6 is 0 Å². The van der Waals surface area contributed by atoms with Gasteiger partial charge in [0.15, 0.2) is 5.78 Å². The maximum absolute atomic E-state index is 12.1. The van der Waals surface area contributed by atoms with Crippen LogP contribution in [0.5, 0.6) is 0 Å². The van der Waals surface area contributed by atoms with Crippen molar-refractivity contribution in [1.29, 1.82) is 0 Å². The molecule has 0 aliphatic heterocycles. The van der Waals surface area contributed by atoms with E-state index in [2.05, 4.69) is 52.0 Å². The van der Waals surface area contributed by atoms with Gasteiger partial charge in [0, 0.05) is 12.3 Å². The third-order valence-corrected chi connectivity index (χ3v) is 8.84. The van der Waals surface area contributed by atoms with Gasteiger partial charge in [0.1, 0.15) is 0 Å². The van der Waals surface area contributed by atoms with Gasteiger partial charge in [-0.15, -0.1) is 0 Å². The minimum atomic E-state index is -0.188. The quantitative estimate of drug-likeness (QED) is 0.601. The molecule has 0 bridgehead atoms. The fourth-order valence-electron chi connectivity index (χ4n) is 7.15. The SMILES string of the molecule is CC(C)(C)c1cccc(C2CC3(C)C(O)CCC3C3CCC4=CC(=O)CCC4=C23)c1. The van der Waals surface area contributed by atoms with E-state index in [4.69, 9.17) is 0 Å². The van der Waals surface area contributed by atoms with E-state index in [1.807, 2.05) is 6.08 Å². The third kappa shape index (κ3) is 3.06. The highest BCUT2D eigenvalue weighted by molar-refractivity contribution is 5.93. The van der Waals surface area contributed by atoms with Gasteiger partial charge in [-0.3, -0.25) is 4.79 Å². The topological polar surface area (TPSA) is 37.3 Å². The van der Waals surface area contributed by atoms with Crippen molar-refractivity contribution in [2.45, 2.75) is 90.1 Å². The molecule has 1 N–H and O–H groups in total. The summed E-state index contributed by atoms with van der Waals surface area (Å²) in [5.74, 6) is 1.80. The number of ketones is 1. The van der Waals surface area contributed by atoms with Crippen molar-refractivity contribution in [3.8, 4) is 0 Å².